The van der Waals surface area contributed by atoms with Crippen molar-refractivity contribution in [1.82, 2.24) is 15.0 Å². The fraction of sp³-hybridized carbons (Fsp3) is 0.0588. The van der Waals surface area contributed by atoms with Crippen molar-refractivity contribution >= 4 is 34.8 Å². The van der Waals surface area contributed by atoms with Gasteiger partial charge in [0, 0.05) is 11.9 Å². The van der Waals surface area contributed by atoms with Crippen LogP contribution in [0, 0.1) is 17.0 Å². The van der Waals surface area contributed by atoms with Gasteiger partial charge in [0.2, 0.25) is 11.6 Å². The summed E-state index contributed by atoms with van der Waals surface area (Å²) in [6, 6.07) is 9.23. The molecule has 0 bridgehead atoms. The average Bonchev–Trinajstić information content (AvgIpc) is 2.64. The summed E-state index contributed by atoms with van der Waals surface area (Å²) < 4.78 is 0. The van der Waals surface area contributed by atoms with Gasteiger partial charge in [0.05, 0.1) is 10.5 Å². The highest BCUT2D eigenvalue weighted by atomic mass is 16.6. The fourth-order valence-electron chi connectivity index (χ4n) is 2.23. The topological polar surface area (TPSA) is 143 Å². The predicted octanol–water partition coefficient (Wildman–Crippen LogP) is 3.27. The second kappa shape index (κ2) is 7.44. The Labute approximate surface area is 153 Å². The van der Waals surface area contributed by atoms with Gasteiger partial charge < -0.3 is 15.7 Å². The molecule has 2 aromatic heterocycles. The van der Waals surface area contributed by atoms with Crippen molar-refractivity contribution < 1.29 is 14.8 Å². The molecule has 0 atom stereocenters. The lowest BCUT2D eigenvalue weighted by molar-refractivity contribution is -0.383. The van der Waals surface area contributed by atoms with E-state index in [0.29, 0.717) is 11.5 Å². The average molecular weight is 366 g/mol. The maximum Gasteiger partial charge on any atom is 0.353 e. The summed E-state index contributed by atoms with van der Waals surface area (Å²) in [5.41, 5.74) is 1.14. The van der Waals surface area contributed by atoms with Crippen molar-refractivity contribution in [3.8, 4) is 0 Å². The maximum absolute atomic E-state index is 11.6. The van der Waals surface area contributed by atoms with Gasteiger partial charge in [-0.1, -0.05) is 6.07 Å². The molecule has 0 spiro atoms. The fourth-order valence-corrected chi connectivity index (χ4v) is 2.23. The Balaban J connectivity index is 1.92. The van der Waals surface area contributed by atoms with Crippen LogP contribution < -0.4 is 10.6 Å². The zero-order chi connectivity index (χ0) is 19.4. The molecule has 2 heterocycles. The number of nitro groups is 1. The third kappa shape index (κ3) is 4.12. The molecular weight excluding hydrogens is 352 g/mol. The van der Waals surface area contributed by atoms with E-state index in [1.807, 2.05) is 13.0 Å². The van der Waals surface area contributed by atoms with E-state index in [9.17, 15) is 14.9 Å². The van der Waals surface area contributed by atoms with Gasteiger partial charge in [0.25, 0.3) is 0 Å². The summed E-state index contributed by atoms with van der Waals surface area (Å²) in [7, 11) is 0. The summed E-state index contributed by atoms with van der Waals surface area (Å²) >= 11 is 0. The number of carbonyl (C=O) groups is 1. The summed E-state index contributed by atoms with van der Waals surface area (Å²) in [5, 5.41) is 26.1. The molecule has 3 rings (SSSR count). The van der Waals surface area contributed by atoms with Gasteiger partial charge >= 0.3 is 11.7 Å². The Morgan fingerprint density at radius 1 is 1.04 bits per heavy atom. The van der Waals surface area contributed by atoms with E-state index in [-0.39, 0.29) is 22.9 Å². The lowest BCUT2D eigenvalue weighted by Crippen LogP contribution is -2.06. The highest BCUT2D eigenvalue weighted by Gasteiger charge is 2.23. The van der Waals surface area contributed by atoms with Gasteiger partial charge in [-0.2, -0.15) is 0 Å². The first-order valence-electron chi connectivity index (χ1n) is 7.73. The van der Waals surface area contributed by atoms with Crippen molar-refractivity contribution in [2.45, 2.75) is 6.92 Å². The van der Waals surface area contributed by atoms with Crippen molar-refractivity contribution in [3.05, 3.63) is 70.2 Å². The zero-order valence-electron chi connectivity index (χ0n) is 14.1. The monoisotopic (exact) mass is 366 g/mol. The van der Waals surface area contributed by atoms with Crippen LogP contribution >= 0.6 is 0 Å². The number of pyridine rings is 1. The molecule has 1 aromatic carbocycles. The number of rotatable bonds is 6. The normalized spacial score (nSPS) is 10.3. The summed E-state index contributed by atoms with van der Waals surface area (Å²) in [6.07, 6.45) is 2.80. The minimum absolute atomic E-state index is 0.0176. The second-order valence-electron chi connectivity index (χ2n) is 5.53. The highest BCUT2D eigenvalue weighted by Crippen LogP contribution is 2.32. The van der Waals surface area contributed by atoms with Crippen molar-refractivity contribution in [1.29, 1.82) is 0 Å². The van der Waals surface area contributed by atoms with Crippen LogP contribution in [0.5, 0.6) is 0 Å². The van der Waals surface area contributed by atoms with Gasteiger partial charge in [-0.3, -0.25) is 10.1 Å². The summed E-state index contributed by atoms with van der Waals surface area (Å²) in [5.74, 6) is -0.713. The van der Waals surface area contributed by atoms with Gasteiger partial charge in [-0.25, -0.2) is 19.7 Å². The Morgan fingerprint density at radius 3 is 2.26 bits per heavy atom. The second-order valence-corrected chi connectivity index (χ2v) is 5.53. The third-order valence-electron chi connectivity index (χ3n) is 3.56. The van der Waals surface area contributed by atoms with E-state index in [1.54, 1.807) is 12.3 Å². The standard InChI is InChI=1S/C17H14N6O4/c1-10-2-7-13(18-8-10)22-16-14(23(26)27)15(19-9-20-16)21-12-5-3-11(4-6-12)17(24)25/h2-9H,1H3,(H,24,25)(H2,18,19,20,21,22). The van der Waals surface area contributed by atoms with Crippen molar-refractivity contribution in [3.63, 3.8) is 0 Å². The first-order valence-corrected chi connectivity index (χ1v) is 7.73. The lowest BCUT2D eigenvalue weighted by Gasteiger charge is -2.10. The molecule has 136 valence electrons. The molecule has 27 heavy (non-hydrogen) atoms. The number of hydrogen-bond acceptors (Lipinski definition) is 8. The number of aromatic carboxylic acids is 1. The molecule has 0 aliphatic rings. The molecule has 0 fully saturated rings. The van der Waals surface area contributed by atoms with Crippen LogP contribution in [0.15, 0.2) is 48.9 Å². The van der Waals surface area contributed by atoms with Crippen LogP contribution in [0.25, 0.3) is 0 Å². The predicted molar refractivity (Wildman–Crippen MR) is 97.6 cm³/mol. The number of aromatic nitrogens is 3. The minimum atomic E-state index is -1.06. The number of anilines is 4. The molecule has 10 heteroatoms. The van der Waals surface area contributed by atoms with Gasteiger partial charge in [-0.05, 0) is 42.8 Å². The summed E-state index contributed by atoms with van der Waals surface area (Å²) in [6.45, 7) is 1.88. The van der Waals surface area contributed by atoms with Crippen LogP contribution in [0.2, 0.25) is 0 Å². The van der Waals surface area contributed by atoms with Crippen LogP contribution in [0.1, 0.15) is 15.9 Å². The quantitative estimate of drug-likeness (QED) is 0.442. The van der Waals surface area contributed by atoms with E-state index in [4.69, 9.17) is 5.11 Å². The third-order valence-corrected chi connectivity index (χ3v) is 3.56. The number of nitrogens with zero attached hydrogens (tertiary/aromatic N) is 4. The number of carboxylic acids is 1. The summed E-state index contributed by atoms with van der Waals surface area (Å²) in [4.78, 5) is 33.9. The minimum Gasteiger partial charge on any atom is -0.478 e. The molecule has 0 saturated carbocycles. The Bertz CT molecular complexity index is 989. The lowest BCUT2D eigenvalue weighted by atomic mass is 10.2. The molecule has 0 radical (unpaired) electrons. The number of benzene rings is 1. The van der Waals surface area contributed by atoms with Gasteiger partial charge in [0.1, 0.15) is 12.1 Å². The first kappa shape index (κ1) is 17.7. The molecular formula is C17H14N6O4. The van der Waals surface area contributed by atoms with E-state index in [0.717, 1.165) is 5.56 Å². The van der Waals surface area contributed by atoms with Crippen molar-refractivity contribution in [2.75, 3.05) is 10.6 Å². The van der Waals surface area contributed by atoms with E-state index < -0.39 is 10.9 Å². The van der Waals surface area contributed by atoms with Crippen LogP contribution in [-0.4, -0.2) is 31.0 Å². The molecule has 10 nitrogen and oxygen atoms in total. The Morgan fingerprint density at radius 2 is 1.70 bits per heavy atom. The number of nitrogens with one attached hydrogen (secondary N) is 2. The number of carboxylic acid groups (broad SMARTS) is 1. The van der Waals surface area contributed by atoms with E-state index >= 15 is 0 Å². The SMILES string of the molecule is Cc1ccc(Nc2ncnc(Nc3ccc(C(=O)O)cc3)c2[N+](=O)[O-])nc1. The number of hydrogen-bond donors (Lipinski definition) is 3. The Hall–Kier alpha value is -4.08. The molecule has 0 amide bonds. The molecule has 0 aliphatic carbocycles. The molecule has 0 aliphatic heterocycles. The smallest absolute Gasteiger partial charge is 0.353 e. The molecule has 0 saturated heterocycles. The Kier molecular flexibility index (Phi) is 4.88. The largest absolute Gasteiger partial charge is 0.478 e. The van der Waals surface area contributed by atoms with E-state index in [2.05, 4.69) is 25.6 Å². The van der Waals surface area contributed by atoms with Gasteiger partial charge in [-0.15, -0.1) is 0 Å². The van der Waals surface area contributed by atoms with Gasteiger partial charge in [0.15, 0.2) is 0 Å². The number of aryl methyl sites for hydroxylation is 1. The van der Waals surface area contributed by atoms with Crippen LogP contribution in [-0.2, 0) is 0 Å². The first-order chi connectivity index (χ1) is 12.9. The van der Waals surface area contributed by atoms with Crippen LogP contribution in [0.4, 0.5) is 28.8 Å². The van der Waals surface area contributed by atoms with E-state index in [1.165, 1.54) is 30.6 Å². The maximum atomic E-state index is 11.6. The molecule has 0 unspecified atom stereocenters. The molecule has 3 N–H and O–H groups in total. The zero-order valence-corrected chi connectivity index (χ0v) is 14.1. The highest BCUT2D eigenvalue weighted by molar-refractivity contribution is 5.88. The van der Waals surface area contributed by atoms with Crippen LogP contribution in [0.3, 0.4) is 0 Å². The molecule has 3 aromatic rings. The van der Waals surface area contributed by atoms with Crippen molar-refractivity contribution in [2.24, 2.45) is 0 Å².